The van der Waals surface area contributed by atoms with Crippen molar-refractivity contribution >= 4 is 5.78 Å². The average Bonchev–Trinajstić information content (AvgIpc) is 1.97. The number of carbonyl (C=O) groups excluding carboxylic acids is 1. The molecule has 0 radical (unpaired) electrons. The summed E-state index contributed by atoms with van der Waals surface area (Å²) in [5.41, 5.74) is 0. The summed E-state index contributed by atoms with van der Waals surface area (Å²) in [4.78, 5) is 10.7. The second-order valence-electron chi connectivity index (χ2n) is 2.88. The van der Waals surface area contributed by atoms with Gasteiger partial charge < -0.3 is 5.32 Å². The topological polar surface area (TPSA) is 29.1 Å². The molecule has 0 spiro atoms. The van der Waals surface area contributed by atoms with E-state index in [1.807, 2.05) is 0 Å². The average molecular weight is 155 g/mol. The molecule has 0 fully saturated rings. The zero-order chi connectivity index (χ0) is 8.69. The first-order chi connectivity index (χ1) is 5.16. The maximum absolute atomic E-state index is 10.7. The highest BCUT2D eigenvalue weighted by Gasteiger charge is 1.95. The quantitative estimate of drug-likeness (QED) is 0.465. The lowest BCUT2D eigenvalue weighted by Crippen LogP contribution is -2.23. The van der Waals surface area contributed by atoms with Crippen LogP contribution in [0.2, 0.25) is 0 Å². The molecule has 0 aliphatic carbocycles. The van der Waals surface area contributed by atoms with Gasteiger partial charge in [0.05, 0.1) is 0 Å². The first-order valence-corrected chi connectivity index (χ1v) is 4.05. The Labute approximate surface area is 68.7 Å². The molecule has 0 unspecified atom stereocenters. The molecule has 0 saturated carbocycles. The molecule has 2 heteroatoms. The number of allylic oxidation sites excluding steroid dienone is 1. The fourth-order valence-corrected chi connectivity index (χ4v) is 0.755. The van der Waals surface area contributed by atoms with E-state index in [2.05, 4.69) is 25.7 Å². The minimum atomic E-state index is 0.135. The molecule has 2 nitrogen and oxygen atoms in total. The molecular weight excluding hydrogens is 138 g/mol. The summed E-state index contributed by atoms with van der Waals surface area (Å²) in [6, 6.07) is 0.508. The van der Waals surface area contributed by atoms with Gasteiger partial charge in [-0.05, 0) is 19.0 Å². The van der Waals surface area contributed by atoms with Crippen molar-refractivity contribution in [2.45, 2.75) is 32.7 Å². The van der Waals surface area contributed by atoms with Crippen molar-refractivity contribution in [2.75, 3.05) is 6.54 Å². The monoisotopic (exact) mass is 155 g/mol. The normalized spacial score (nSPS) is 10.1. The fraction of sp³-hybridized carbons (Fsp3) is 0.667. The summed E-state index contributed by atoms with van der Waals surface area (Å²) in [5, 5.41) is 3.24. The summed E-state index contributed by atoms with van der Waals surface area (Å²) in [6.07, 6.45) is 2.90. The molecule has 0 aromatic heterocycles. The molecule has 1 N–H and O–H groups in total. The summed E-state index contributed by atoms with van der Waals surface area (Å²) in [6.45, 7) is 8.50. The Morgan fingerprint density at radius 1 is 1.64 bits per heavy atom. The van der Waals surface area contributed by atoms with Crippen LogP contribution in [-0.4, -0.2) is 18.4 Å². The van der Waals surface area contributed by atoms with Gasteiger partial charge in [-0.1, -0.05) is 20.4 Å². The van der Waals surface area contributed by atoms with Crippen LogP contribution in [0.1, 0.15) is 26.7 Å². The van der Waals surface area contributed by atoms with Crippen molar-refractivity contribution in [1.29, 1.82) is 0 Å². The van der Waals surface area contributed by atoms with Gasteiger partial charge in [0.25, 0.3) is 0 Å². The van der Waals surface area contributed by atoms with Crippen LogP contribution in [0.3, 0.4) is 0 Å². The Kier molecular flexibility index (Phi) is 5.75. The lowest BCUT2D eigenvalue weighted by Gasteiger charge is -2.05. The van der Waals surface area contributed by atoms with E-state index in [9.17, 15) is 4.79 Å². The molecule has 0 heterocycles. The zero-order valence-electron chi connectivity index (χ0n) is 7.39. The lowest BCUT2D eigenvalue weighted by molar-refractivity contribution is -0.114. The molecule has 0 rings (SSSR count). The molecule has 0 aromatic rings. The largest absolute Gasteiger partial charge is 0.315 e. The van der Waals surface area contributed by atoms with Gasteiger partial charge in [-0.25, -0.2) is 0 Å². The smallest absolute Gasteiger partial charge is 0.155 e. The van der Waals surface area contributed by atoms with E-state index in [0.717, 1.165) is 13.0 Å². The number of carbonyl (C=O) groups is 1. The van der Waals surface area contributed by atoms with Gasteiger partial charge >= 0.3 is 0 Å². The van der Waals surface area contributed by atoms with Gasteiger partial charge in [-0.15, -0.1) is 0 Å². The van der Waals surface area contributed by atoms with Gasteiger partial charge in [-0.3, -0.25) is 4.79 Å². The maximum atomic E-state index is 10.7. The second kappa shape index (κ2) is 6.10. The standard InChI is InChI=1S/C9H17NO/c1-4-9(11)6-5-7-10-8(2)3/h4,8,10H,1,5-7H2,2-3H3. The molecular formula is C9H17NO. The molecule has 64 valence electrons. The molecule has 0 bridgehead atoms. The van der Waals surface area contributed by atoms with Crippen LogP contribution >= 0.6 is 0 Å². The van der Waals surface area contributed by atoms with Gasteiger partial charge in [0.15, 0.2) is 5.78 Å². The number of rotatable bonds is 6. The molecule has 0 aliphatic heterocycles. The number of nitrogens with one attached hydrogen (secondary N) is 1. The Balaban J connectivity index is 3.14. The van der Waals surface area contributed by atoms with Crippen LogP contribution in [0.15, 0.2) is 12.7 Å². The van der Waals surface area contributed by atoms with Crippen LogP contribution in [0.5, 0.6) is 0 Å². The Morgan fingerprint density at radius 3 is 2.73 bits per heavy atom. The third-order valence-corrected chi connectivity index (χ3v) is 1.38. The van der Waals surface area contributed by atoms with E-state index in [1.54, 1.807) is 0 Å². The zero-order valence-corrected chi connectivity index (χ0v) is 7.39. The summed E-state index contributed by atoms with van der Waals surface area (Å²) < 4.78 is 0. The van der Waals surface area contributed by atoms with Crippen molar-refractivity contribution in [2.24, 2.45) is 0 Å². The molecule has 0 aliphatic rings. The van der Waals surface area contributed by atoms with Crippen LogP contribution in [0.25, 0.3) is 0 Å². The van der Waals surface area contributed by atoms with E-state index in [-0.39, 0.29) is 5.78 Å². The molecule has 0 atom stereocenters. The number of hydrogen-bond donors (Lipinski definition) is 1. The number of ketones is 1. The first kappa shape index (κ1) is 10.4. The van der Waals surface area contributed by atoms with Crippen LogP contribution in [0, 0.1) is 0 Å². The van der Waals surface area contributed by atoms with Gasteiger partial charge in [0, 0.05) is 12.5 Å². The molecule has 0 amide bonds. The summed E-state index contributed by atoms with van der Waals surface area (Å²) in [5.74, 6) is 0.135. The van der Waals surface area contributed by atoms with Crippen molar-refractivity contribution in [3.8, 4) is 0 Å². The molecule has 11 heavy (non-hydrogen) atoms. The number of hydrogen-bond acceptors (Lipinski definition) is 2. The summed E-state index contributed by atoms with van der Waals surface area (Å²) >= 11 is 0. The fourth-order valence-electron chi connectivity index (χ4n) is 0.755. The highest BCUT2D eigenvalue weighted by atomic mass is 16.1. The highest BCUT2D eigenvalue weighted by Crippen LogP contribution is 1.90. The molecule has 0 aromatic carbocycles. The minimum absolute atomic E-state index is 0.135. The third kappa shape index (κ3) is 7.26. The van der Waals surface area contributed by atoms with Crippen LogP contribution in [-0.2, 0) is 4.79 Å². The van der Waals surface area contributed by atoms with Gasteiger partial charge in [-0.2, -0.15) is 0 Å². The van der Waals surface area contributed by atoms with Crippen molar-refractivity contribution in [3.05, 3.63) is 12.7 Å². The van der Waals surface area contributed by atoms with Gasteiger partial charge in [0.1, 0.15) is 0 Å². The SMILES string of the molecule is C=CC(=O)CCCNC(C)C. The maximum Gasteiger partial charge on any atom is 0.155 e. The van der Waals surface area contributed by atoms with Crippen molar-refractivity contribution in [3.63, 3.8) is 0 Å². The first-order valence-electron chi connectivity index (χ1n) is 4.05. The Hall–Kier alpha value is -0.630. The van der Waals surface area contributed by atoms with E-state index < -0.39 is 0 Å². The second-order valence-corrected chi connectivity index (χ2v) is 2.88. The van der Waals surface area contributed by atoms with Gasteiger partial charge in [0.2, 0.25) is 0 Å². The molecule has 0 saturated heterocycles. The lowest BCUT2D eigenvalue weighted by atomic mass is 10.2. The Morgan fingerprint density at radius 2 is 2.27 bits per heavy atom. The van der Waals surface area contributed by atoms with Crippen molar-refractivity contribution in [1.82, 2.24) is 5.32 Å². The predicted octanol–water partition coefficient (Wildman–Crippen LogP) is 1.52. The Bertz CT molecular complexity index is 130. The summed E-state index contributed by atoms with van der Waals surface area (Å²) in [7, 11) is 0. The van der Waals surface area contributed by atoms with E-state index in [1.165, 1.54) is 6.08 Å². The third-order valence-electron chi connectivity index (χ3n) is 1.38. The van der Waals surface area contributed by atoms with Crippen LogP contribution in [0.4, 0.5) is 0 Å². The highest BCUT2D eigenvalue weighted by molar-refractivity contribution is 5.88. The minimum Gasteiger partial charge on any atom is -0.315 e. The van der Waals surface area contributed by atoms with E-state index in [4.69, 9.17) is 0 Å². The van der Waals surface area contributed by atoms with Crippen molar-refractivity contribution < 1.29 is 4.79 Å². The predicted molar refractivity (Wildman–Crippen MR) is 47.6 cm³/mol. The van der Waals surface area contributed by atoms with E-state index in [0.29, 0.717) is 12.5 Å². The van der Waals surface area contributed by atoms with E-state index >= 15 is 0 Å². The van der Waals surface area contributed by atoms with Crippen LogP contribution < -0.4 is 5.32 Å².